The summed E-state index contributed by atoms with van der Waals surface area (Å²) in [7, 11) is 0. The third kappa shape index (κ3) is 5.44. The molecular formula is C29H26N2O6. The highest BCUT2D eigenvalue weighted by atomic mass is 16.5. The highest BCUT2D eigenvalue weighted by Crippen LogP contribution is 2.26. The fraction of sp³-hybridized carbons (Fsp3) is 0.241. The van der Waals surface area contributed by atoms with Crippen molar-refractivity contribution in [2.45, 2.75) is 25.4 Å². The van der Waals surface area contributed by atoms with Crippen molar-refractivity contribution in [2.24, 2.45) is 0 Å². The molecule has 1 fully saturated rings. The lowest BCUT2D eigenvalue weighted by molar-refractivity contribution is -0.119. The number of fused-ring (bicyclic) bond motifs is 1. The Morgan fingerprint density at radius 1 is 0.946 bits per heavy atom. The first kappa shape index (κ1) is 24.4. The average molecular weight is 499 g/mol. The van der Waals surface area contributed by atoms with Gasteiger partial charge >= 0.3 is 5.97 Å². The number of carbonyl (C=O) groups is 4. The van der Waals surface area contributed by atoms with Gasteiger partial charge in [-0.25, -0.2) is 4.79 Å². The lowest BCUT2D eigenvalue weighted by Crippen LogP contribution is -2.36. The number of hydrogen-bond donors (Lipinski definition) is 1. The van der Waals surface area contributed by atoms with Crippen molar-refractivity contribution in [3.05, 3.63) is 101 Å². The third-order valence-corrected chi connectivity index (χ3v) is 6.48. The van der Waals surface area contributed by atoms with Gasteiger partial charge in [0.25, 0.3) is 17.7 Å². The molecule has 1 atom stereocenters. The predicted molar refractivity (Wildman–Crippen MR) is 135 cm³/mol. The number of benzene rings is 3. The topological polar surface area (TPSA) is 102 Å². The molecule has 3 amide bonds. The van der Waals surface area contributed by atoms with Crippen LogP contribution in [0.25, 0.3) is 0 Å². The van der Waals surface area contributed by atoms with Crippen LogP contribution in [0.5, 0.6) is 0 Å². The number of ether oxygens (including phenoxy) is 2. The van der Waals surface area contributed by atoms with Gasteiger partial charge in [0, 0.05) is 12.3 Å². The van der Waals surface area contributed by atoms with Gasteiger partial charge in [0.15, 0.2) is 6.61 Å². The number of hydrogen-bond acceptors (Lipinski definition) is 6. The quantitative estimate of drug-likeness (QED) is 0.374. The van der Waals surface area contributed by atoms with Crippen molar-refractivity contribution in [1.82, 2.24) is 4.90 Å². The van der Waals surface area contributed by atoms with E-state index in [4.69, 9.17) is 9.47 Å². The third-order valence-electron chi connectivity index (χ3n) is 6.48. The molecule has 1 N–H and O–H groups in total. The Bertz CT molecular complexity index is 1350. The minimum absolute atomic E-state index is 0.0937. The molecule has 8 nitrogen and oxygen atoms in total. The lowest BCUT2D eigenvalue weighted by Gasteiger charge is -2.17. The summed E-state index contributed by atoms with van der Waals surface area (Å²) in [5, 5.41) is 2.80. The average Bonchev–Trinajstić information content (AvgIpc) is 3.52. The van der Waals surface area contributed by atoms with Crippen LogP contribution in [0.15, 0.2) is 72.8 Å². The zero-order valence-corrected chi connectivity index (χ0v) is 20.1. The fourth-order valence-corrected chi connectivity index (χ4v) is 4.59. The van der Waals surface area contributed by atoms with Gasteiger partial charge in [-0.2, -0.15) is 0 Å². The number of imide groups is 1. The highest BCUT2D eigenvalue weighted by molar-refractivity contribution is 6.22. The first-order chi connectivity index (χ1) is 18.0. The van der Waals surface area contributed by atoms with E-state index < -0.39 is 30.3 Å². The second kappa shape index (κ2) is 10.8. The van der Waals surface area contributed by atoms with Gasteiger partial charge in [-0.05, 0) is 54.7 Å². The van der Waals surface area contributed by atoms with Crippen LogP contribution in [-0.4, -0.2) is 54.5 Å². The number of esters is 1. The van der Waals surface area contributed by atoms with Crippen molar-refractivity contribution >= 4 is 29.4 Å². The van der Waals surface area contributed by atoms with Crippen LogP contribution in [0.3, 0.4) is 0 Å². The SMILES string of the molecule is O=C(COC(=O)c1ccc2c(c1)C(=O)N(CC1CCCO1)C2=O)Nc1ccccc1Cc1ccccc1. The van der Waals surface area contributed by atoms with E-state index in [-0.39, 0.29) is 29.3 Å². The number of anilines is 1. The smallest absolute Gasteiger partial charge is 0.338 e. The normalized spacial score (nSPS) is 16.5. The molecule has 188 valence electrons. The standard InChI is InChI=1S/C29H26N2O6/c32-26(30-25-11-5-4-9-20(25)15-19-7-2-1-3-8-19)18-37-29(35)21-12-13-23-24(16-21)28(34)31(27(23)33)17-22-10-6-14-36-22/h1-5,7-9,11-13,16,22H,6,10,14-15,17-18H2,(H,30,32). The summed E-state index contributed by atoms with van der Waals surface area (Å²) >= 11 is 0. The fourth-order valence-electron chi connectivity index (χ4n) is 4.59. The first-order valence-electron chi connectivity index (χ1n) is 12.2. The molecular weight excluding hydrogens is 472 g/mol. The van der Waals surface area contributed by atoms with E-state index in [1.165, 1.54) is 18.2 Å². The monoisotopic (exact) mass is 498 g/mol. The van der Waals surface area contributed by atoms with Crippen LogP contribution in [0.4, 0.5) is 5.69 Å². The minimum Gasteiger partial charge on any atom is -0.452 e. The molecule has 3 aromatic rings. The van der Waals surface area contributed by atoms with E-state index in [9.17, 15) is 19.2 Å². The Balaban J connectivity index is 1.20. The van der Waals surface area contributed by atoms with Crippen molar-refractivity contribution in [1.29, 1.82) is 0 Å². The van der Waals surface area contributed by atoms with Gasteiger partial charge in [0.05, 0.1) is 29.3 Å². The molecule has 8 heteroatoms. The lowest BCUT2D eigenvalue weighted by atomic mass is 10.0. The van der Waals surface area contributed by atoms with Crippen LogP contribution in [-0.2, 0) is 20.7 Å². The summed E-state index contributed by atoms with van der Waals surface area (Å²) in [6.45, 7) is 0.321. The van der Waals surface area contributed by atoms with Crippen LogP contribution in [0, 0.1) is 0 Å². The Labute approximate surface area is 214 Å². The first-order valence-corrected chi connectivity index (χ1v) is 12.2. The summed E-state index contributed by atoms with van der Waals surface area (Å²) in [6, 6.07) is 21.5. The second-order valence-electron chi connectivity index (χ2n) is 9.06. The molecule has 0 saturated carbocycles. The van der Waals surface area contributed by atoms with Crippen LogP contribution in [0.1, 0.15) is 55.0 Å². The zero-order chi connectivity index (χ0) is 25.8. The van der Waals surface area contributed by atoms with Gasteiger partial charge in [-0.3, -0.25) is 19.3 Å². The van der Waals surface area contributed by atoms with Crippen molar-refractivity contribution in [3.8, 4) is 0 Å². The van der Waals surface area contributed by atoms with E-state index in [0.29, 0.717) is 18.7 Å². The molecule has 5 rings (SSSR count). The minimum atomic E-state index is -0.756. The molecule has 2 aliphatic rings. The highest BCUT2D eigenvalue weighted by Gasteiger charge is 2.38. The van der Waals surface area contributed by atoms with E-state index in [1.54, 1.807) is 6.07 Å². The largest absolute Gasteiger partial charge is 0.452 e. The zero-order valence-electron chi connectivity index (χ0n) is 20.1. The van der Waals surface area contributed by atoms with Crippen LogP contribution >= 0.6 is 0 Å². The molecule has 0 spiro atoms. The molecule has 2 aliphatic heterocycles. The van der Waals surface area contributed by atoms with Crippen LogP contribution < -0.4 is 5.32 Å². The van der Waals surface area contributed by atoms with Crippen LogP contribution in [0.2, 0.25) is 0 Å². The molecule has 37 heavy (non-hydrogen) atoms. The number of carbonyl (C=O) groups excluding carboxylic acids is 4. The van der Waals surface area contributed by atoms with Gasteiger partial charge in [0.1, 0.15) is 0 Å². The molecule has 0 radical (unpaired) electrons. The number of amides is 3. The maximum absolute atomic E-state index is 12.8. The van der Waals surface area contributed by atoms with E-state index in [0.717, 1.165) is 28.9 Å². The van der Waals surface area contributed by atoms with E-state index in [1.807, 2.05) is 48.5 Å². The summed E-state index contributed by atoms with van der Waals surface area (Å²) in [6.07, 6.45) is 2.17. The van der Waals surface area contributed by atoms with Gasteiger partial charge in [-0.1, -0.05) is 48.5 Å². The van der Waals surface area contributed by atoms with Gasteiger partial charge < -0.3 is 14.8 Å². The Morgan fingerprint density at radius 3 is 2.49 bits per heavy atom. The maximum atomic E-state index is 12.8. The molecule has 1 saturated heterocycles. The van der Waals surface area contributed by atoms with Gasteiger partial charge in [0.2, 0.25) is 0 Å². The molecule has 1 unspecified atom stereocenters. The van der Waals surface area contributed by atoms with Gasteiger partial charge in [-0.15, -0.1) is 0 Å². The van der Waals surface area contributed by atoms with Crippen molar-refractivity contribution in [3.63, 3.8) is 0 Å². The Kier molecular flexibility index (Phi) is 7.09. The molecule has 3 aromatic carbocycles. The number of rotatable bonds is 8. The summed E-state index contributed by atoms with van der Waals surface area (Å²) < 4.78 is 10.7. The molecule has 0 aliphatic carbocycles. The summed E-state index contributed by atoms with van der Waals surface area (Å²) in [4.78, 5) is 51.8. The van der Waals surface area contributed by atoms with Crippen molar-refractivity contribution < 1.29 is 28.7 Å². The number of para-hydroxylation sites is 1. The van der Waals surface area contributed by atoms with E-state index >= 15 is 0 Å². The Hall–Kier alpha value is -4.30. The predicted octanol–water partition coefficient (Wildman–Crippen LogP) is 3.85. The molecule has 0 aromatic heterocycles. The maximum Gasteiger partial charge on any atom is 0.338 e. The summed E-state index contributed by atoms with van der Waals surface area (Å²) in [5.74, 6) is -2.10. The second-order valence-corrected chi connectivity index (χ2v) is 9.06. The number of nitrogens with zero attached hydrogens (tertiary/aromatic N) is 1. The molecule has 2 heterocycles. The van der Waals surface area contributed by atoms with Crippen molar-refractivity contribution in [2.75, 3.05) is 25.1 Å². The Morgan fingerprint density at radius 2 is 1.70 bits per heavy atom. The number of nitrogens with one attached hydrogen (secondary N) is 1. The van der Waals surface area contributed by atoms with E-state index in [2.05, 4.69) is 5.32 Å². The molecule has 0 bridgehead atoms. The summed E-state index contributed by atoms with van der Waals surface area (Å²) in [5.41, 5.74) is 3.16.